The maximum atomic E-state index is 5.20. The zero-order valence-corrected chi connectivity index (χ0v) is 17.8. The molecule has 0 saturated carbocycles. The van der Waals surface area contributed by atoms with Crippen molar-refractivity contribution in [3.8, 4) is 0 Å². The molecule has 1 unspecified atom stereocenters. The number of aromatic nitrogens is 2. The number of rotatable bonds is 4. The highest BCUT2D eigenvalue weighted by Gasteiger charge is 2.41. The standard InChI is InChI=1S/C15H32N3PSi2/c1-13-14(18-11-9-8-10-12-18)17-19(16-13)15(20(2,3)4)21(5,6)7/h15H,8-12H2,1-7H3. The van der Waals surface area contributed by atoms with Crippen LogP contribution in [0.5, 0.6) is 0 Å². The quantitative estimate of drug-likeness (QED) is 0.717. The molecular formula is C15H32N3PSi2. The molecule has 0 N–H and O–H groups in total. The van der Waals surface area contributed by atoms with Gasteiger partial charge in [-0.3, -0.25) is 0 Å². The SMILES string of the molecule is Cc1np(C([Si](C)(C)C)[Si](C)(C)C)nc1N1CCCCC1. The third kappa shape index (κ3) is 3.99. The number of anilines is 1. The van der Waals surface area contributed by atoms with Crippen LogP contribution in [0.3, 0.4) is 0 Å². The fraction of sp³-hybridized carbons (Fsp3) is 0.867. The van der Waals surface area contributed by atoms with Gasteiger partial charge in [0.25, 0.3) is 0 Å². The molecular weight excluding hydrogens is 309 g/mol. The fourth-order valence-corrected chi connectivity index (χ4v) is 21.7. The Balaban J connectivity index is 2.35. The highest BCUT2D eigenvalue weighted by Crippen LogP contribution is 2.48. The topological polar surface area (TPSA) is 29.0 Å². The van der Waals surface area contributed by atoms with Gasteiger partial charge in [-0.2, -0.15) is 4.75 Å². The Morgan fingerprint density at radius 1 is 0.905 bits per heavy atom. The van der Waals surface area contributed by atoms with Gasteiger partial charge in [0.15, 0.2) is 5.82 Å². The van der Waals surface area contributed by atoms with Crippen LogP contribution in [0.1, 0.15) is 29.9 Å². The van der Waals surface area contributed by atoms with Crippen LogP contribution in [-0.2, 0) is 0 Å². The molecule has 1 aromatic rings. The van der Waals surface area contributed by atoms with Crippen molar-refractivity contribution in [1.29, 1.82) is 0 Å². The number of piperidine rings is 1. The van der Waals surface area contributed by atoms with Crippen LogP contribution in [0.2, 0.25) is 39.3 Å². The summed E-state index contributed by atoms with van der Waals surface area (Å²) in [4.78, 5) is 3.29. The highest BCUT2D eigenvalue weighted by molar-refractivity contribution is 7.51. The van der Waals surface area contributed by atoms with E-state index in [1.807, 2.05) is 0 Å². The van der Waals surface area contributed by atoms with E-state index in [1.165, 1.54) is 43.9 Å². The molecule has 1 aliphatic rings. The summed E-state index contributed by atoms with van der Waals surface area (Å²) < 4.78 is 10.3. The molecule has 0 amide bonds. The molecule has 3 nitrogen and oxygen atoms in total. The van der Waals surface area contributed by atoms with E-state index in [4.69, 9.17) is 9.49 Å². The predicted octanol–water partition coefficient (Wildman–Crippen LogP) is 5.06. The van der Waals surface area contributed by atoms with E-state index in [9.17, 15) is 0 Å². The Labute approximate surface area is 133 Å². The smallest absolute Gasteiger partial charge is 0.156 e. The summed E-state index contributed by atoms with van der Waals surface area (Å²) in [7, 11) is -3.01. The summed E-state index contributed by atoms with van der Waals surface area (Å²) in [5.74, 6) is 1.24. The molecule has 0 spiro atoms. The summed E-state index contributed by atoms with van der Waals surface area (Å²) >= 11 is 0. The van der Waals surface area contributed by atoms with Crippen LogP contribution in [0.15, 0.2) is 0 Å². The van der Waals surface area contributed by atoms with Crippen LogP contribution < -0.4 is 4.90 Å². The van der Waals surface area contributed by atoms with Gasteiger partial charge in [-0.15, -0.1) is 0 Å². The van der Waals surface area contributed by atoms with E-state index in [1.54, 1.807) is 0 Å². The van der Waals surface area contributed by atoms with Gasteiger partial charge in [0.05, 0.1) is 29.7 Å². The lowest BCUT2D eigenvalue weighted by Crippen LogP contribution is -2.43. The second-order valence-electron chi connectivity index (χ2n) is 8.61. The Bertz CT molecular complexity index is 468. The van der Waals surface area contributed by atoms with E-state index < -0.39 is 24.0 Å². The van der Waals surface area contributed by atoms with E-state index in [2.05, 4.69) is 51.1 Å². The minimum absolute atomic E-state index is 0.530. The molecule has 0 bridgehead atoms. The van der Waals surface area contributed by atoms with Crippen molar-refractivity contribution in [3.05, 3.63) is 5.69 Å². The highest BCUT2D eigenvalue weighted by atomic mass is 31.1. The number of aryl methyl sites for hydroxylation is 1. The van der Waals surface area contributed by atoms with E-state index >= 15 is 0 Å². The molecule has 1 atom stereocenters. The zero-order valence-electron chi connectivity index (χ0n) is 14.9. The van der Waals surface area contributed by atoms with Crippen molar-refractivity contribution in [2.45, 2.75) is 70.4 Å². The molecule has 21 heavy (non-hydrogen) atoms. The van der Waals surface area contributed by atoms with Gasteiger partial charge < -0.3 is 4.90 Å². The second-order valence-corrected chi connectivity index (χ2v) is 22.3. The lowest BCUT2D eigenvalue weighted by atomic mass is 10.1. The van der Waals surface area contributed by atoms with E-state index in [-0.39, 0.29) is 0 Å². The average molecular weight is 342 g/mol. The third-order valence-electron chi connectivity index (χ3n) is 4.30. The van der Waals surface area contributed by atoms with Crippen LogP contribution in [-0.4, -0.2) is 38.7 Å². The summed E-state index contributed by atoms with van der Waals surface area (Å²) in [5, 5.41) is 0. The Morgan fingerprint density at radius 3 is 1.90 bits per heavy atom. The minimum atomic E-state index is -1.24. The van der Waals surface area contributed by atoms with Gasteiger partial charge >= 0.3 is 0 Å². The molecule has 6 heteroatoms. The van der Waals surface area contributed by atoms with Crippen LogP contribution >= 0.6 is 7.85 Å². The average Bonchev–Trinajstić information content (AvgIpc) is 2.68. The normalized spacial score (nSPS) is 18.5. The molecule has 2 heterocycles. The fourth-order valence-electron chi connectivity index (χ4n) is 3.90. The van der Waals surface area contributed by atoms with Gasteiger partial charge in [-0.05, 0) is 26.2 Å². The maximum Gasteiger partial charge on any atom is 0.156 e. The van der Waals surface area contributed by atoms with Crippen molar-refractivity contribution >= 4 is 29.8 Å². The summed E-state index contributed by atoms with van der Waals surface area (Å²) in [5.41, 5.74) is 1.21. The van der Waals surface area contributed by atoms with Crippen molar-refractivity contribution in [3.63, 3.8) is 0 Å². The molecule has 0 aromatic carbocycles. The summed E-state index contributed by atoms with van der Waals surface area (Å²) in [6.07, 6.45) is 4.01. The molecule has 120 valence electrons. The van der Waals surface area contributed by atoms with E-state index in [0.717, 1.165) is 4.91 Å². The number of hydrogen-bond acceptors (Lipinski definition) is 3. The maximum absolute atomic E-state index is 5.20. The van der Waals surface area contributed by atoms with Crippen molar-refractivity contribution < 1.29 is 0 Å². The molecule has 0 aliphatic carbocycles. The summed E-state index contributed by atoms with van der Waals surface area (Å²) in [6.45, 7) is 19.6. The Morgan fingerprint density at radius 2 is 1.43 bits per heavy atom. The summed E-state index contributed by atoms with van der Waals surface area (Å²) in [6, 6.07) is 0. The molecule has 1 saturated heterocycles. The first-order valence-corrected chi connectivity index (χ1v) is 16.8. The largest absolute Gasteiger partial charge is 0.355 e. The van der Waals surface area contributed by atoms with Gasteiger partial charge in [0.2, 0.25) is 0 Å². The van der Waals surface area contributed by atoms with Gasteiger partial charge in [-0.1, -0.05) is 39.3 Å². The predicted molar refractivity (Wildman–Crippen MR) is 101 cm³/mol. The van der Waals surface area contributed by atoms with Gasteiger partial charge in [-0.25, -0.2) is 4.75 Å². The Hall–Kier alpha value is -0.126. The first-order valence-electron chi connectivity index (χ1n) is 8.29. The van der Waals surface area contributed by atoms with Gasteiger partial charge in [0, 0.05) is 18.0 Å². The van der Waals surface area contributed by atoms with Crippen molar-refractivity contribution in [1.82, 2.24) is 9.49 Å². The van der Waals surface area contributed by atoms with Crippen LogP contribution in [0.25, 0.3) is 0 Å². The lowest BCUT2D eigenvalue weighted by molar-refractivity contribution is 0.573. The van der Waals surface area contributed by atoms with Crippen molar-refractivity contribution in [2.24, 2.45) is 0 Å². The molecule has 2 rings (SSSR count). The first-order chi connectivity index (χ1) is 9.60. The monoisotopic (exact) mass is 341 g/mol. The zero-order chi connectivity index (χ0) is 15.8. The third-order valence-corrected chi connectivity index (χ3v) is 20.2. The Kier molecular flexibility index (Phi) is 5.06. The lowest BCUT2D eigenvalue weighted by Gasteiger charge is -2.36. The molecule has 1 fully saturated rings. The van der Waals surface area contributed by atoms with E-state index in [0.29, 0.717) is 0 Å². The van der Waals surface area contributed by atoms with Crippen LogP contribution in [0, 0.1) is 6.92 Å². The second kappa shape index (κ2) is 6.17. The molecule has 0 radical (unpaired) electrons. The van der Waals surface area contributed by atoms with Crippen molar-refractivity contribution in [2.75, 3.05) is 18.0 Å². The van der Waals surface area contributed by atoms with Gasteiger partial charge in [0.1, 0.15) is 0 Å². The minimum Gasteiger partial charge on any atom is -0.355 e. The number of hydrogen-bond donors (Lipinski definition) is 0. The number of nitrogens with zero attached hydrogens (tertiary/aromatic N) is 3. The molecule has 1 aliphatic heterocycles. The molecule has 1 aromatic heterocycles. The first kappa shape index (κ1) is 17.2. The van der Waals surface area contributed by atoms with Crippen LogP contribution in [0.4, 0.5) is 5.82 Å².